The van der Waals surface area contributed by atoms with Crippen LogP contribution in [0.4, 0.5) is 0 Å². The van der Waals surface area contributed by atoms with Crippen molar-refractivity contribution in [3.63, 3.8) is 0 Å². The molecule has 0 fully saturated rings. The third kappa shape index (κ3) is 4.17. The summed E-state index contributed by atoms with van der Waals surface area (Å²) in [5, 5.41) is 7.85. The second-order valence-corrected chi connectivity index (χ2v) is 13.6. The Morgan fingerprint density at radius 3 is 1.58 bits per heavy atom. The molecule has 10 aromatic rings. The summed E-state index contributed by atoms with van der Waals surface area (Å²) in [5.41, 5.74) is 11.0. The predicted octanol–water partition coefficient (Wildman–Crippen LogP) is 13.3. The second kappa shape index (κ2) is 10.8. The highest BCUT2D eigenvalue weighted by Gasteiger charge is 2.22. The molecule has 0 radical (unpaired) electrons. The standard InChI is InChI=1S/C46H29NS/c1-4-12-30(13-5-1)32-20-22-33(23-21-32)34-25-27-42-40(28-34)44-43-39-26-24-35(31-14-6-2-7-15-31)29-41(39)47(36-16-8-3-9-17-36)45(43)37-18-10-11-19-38(37)46(44)48-42/h1-29H. The van der Waals surface area contributed by atoms with E-state index in [4.69, 9.17) is 0 Å². The molecule has 0 atom stereocenters. The molecule has 0 aliphatic heterocycles. The van der Waals surface area contributed by atoms with Crippen LogP contribution in [0.3, 0.4) is 0 Å². The van der Waals surface area contributed by atoms with E-state index in [1.807, 2.05) is 11.3 Å². The largest absolute Gasteiger partial charge is 0.309 e. The van der Waals surface area contributed by atoms with Gasteiger partial charge in [0, 0.05) is 47.4 Å². The van der Waals surface area contributed by atoms with Gasteiger partial charge >= 0.3 is 0 Å². The lowest BCUT2D eigenvalue weighted by molar-refractivity contribution is 1.19. The van der Waals surface area contributed by atoms with Gasteiger partial charge in [-0.3, -0.25) is 0 Å². The fourth-order valence-electron chi connectivity index (χ4n) is 7.54. The molecule has 0 aliphatic carbocycles. The highest BCUT2D eigenvalue weighted by molar-refractivity contribution is 7.27. The molecule has 0 bridgehead atoms. The highest BCUT2D eigenvalue weighted by atomic mass is 32.1. The molecule has 48 heavy (non-hydrogen) atoms. The number of fused-ring (bicyclic) bond motifs is 10. The summed E-state index contributed by atoms with van der Waals surface area (Å²) in [7, 11) is 0. The Labute approximate surface area is 282 Å². The van der Waals surface area contributed by atoms with E-state index < -0.39 is 0 Å². The minimum absolute atomic E-state index is 1.17. The van der Waals surface area contributed by atoms with Crippen LogP contribution in [0.5, 0.6) is 0 Å². The first-order chi connectivity index (χ1) is 23.8. The quantitative estimate of drug-likeness (QED) is 0.183. The van der Waals surface area contributed by atoms with Gasteiger partial charge in [-0.2, -0.15) is 0 Å². The first kappa shape index (κ1) is 27.2. The Balaban J connectivity index is 1.30. The van der Waals surface area contributed by atoms with Crippen LogP contribution in [0, 0.1) is 0 Å². The van der Waals surface area contributed by atoms with Gasteiger partial charge in [0.1, 0.15) is 0 Å². The molecule has 2 heterocycles. The summed E-state index contributed by atoms with van der Waals surface area (Å²) >= 11 is 1.91. The lowest BCUT2D eigenvalue weighted by Gasteiger charge is -2.11. The topological polar surface area (TPSA) is 4.93 Å². The maximum Gasteiger partial charge on any atom is 0.0626 e. The molecule has 0 N–H and O–H groups in total. The zero-order valence-electron chi connectivity index (χ0n) is 26.1. The summed E-state index contributed by atoms with van der Waals surface area (Å²) in [6.45, 7) is 0. The minimum atomic E-state index is 1.17. The summed E-state index contributed by atoms with van der Waals surface area (Å²) in [4.78, 5) is 0. The van der Waals surface area contributed by atoms with Crippen LogP contribution in [0.15, 0.2) is 176 Å². The van der Waals surface area contributed by atoms with E-state index in [0.717, 1.165) is 0 Å². The molecule has 10 rings (SSSR count). The third-order valence-corrected chi connectivity index (χ3v) is 11.0. The van der Waals surface area contributed by atoms with E-state index in [0.29, 0.717) is 0 Å². The van der Waals surface area contributed by atoms with Crippen molar-refractivity contribution < 1.29 is 0 Å². The van der Waals surface area contributed by atoms with Crippen LogP contribution in [-0.2, 0) is 0 Å². The number of para-hydroxylation sites is 1. The van der Waals surface area contributed by atoms with Gasteiger partial charge in [0.25, 0.3) is 0 Å². The van der Waals surface area contributed by atoms with Crippen molar-refractivity contribution in [2.75, 3.05) is 0 Å². The van der Waals surface area contributed by atoms with Gasteiger partial charge in [-0.05, 0) is 63.7 Å². The van der Waals surface area contributed by atoms with E-state index in [2.05, 4.69) is 180 Å². The van der Waals surface area contributed by atoms with Crippen molar-refractivity contribution in [3.8, 4) is 39.1 Å². The smallest absolute Gasteiger partial charge is 0.0626 e. The summed E-state index contributed by atoms with van der Waals surface area (Å²) in [5.74, 6) is 0. The molecule has 1 nitrogen and oxygen atoms in total. The molecule has 0 aliphatic rings. The fraction of sp³-hybridized carbons (Fsp3) is 0. The number of benzene rings is 8. The first-order valence-electron chi connectivity index (χ1n) is 16.4. The van der Waals surface area contributed by atoms with E-state index in [-0.39, 0.29) is 0 Å². The monoisotopic (exact) mass is 627 g/mol. The van der Waals surface area contributed by atoms with E-state index in [1.54, 1.807) is 0 Å². The van der Waals surface area contributed by atoms with Crippen molar-refractivity contribution in [3.05, 3.63) is 176 Å². The normalized spacial score (nSPS) is 11.8. The van der Waals surface area contributed by atoms with Crippen molar-refractivity contribution in [1.82, 2.24) is 4.57 Å². The molecule has 0 saturated carbocycles. The number of hydrogen-bond acceptors (Lipinski definition) is 1. The number of hydrogen-bond donors (Lipinski definition) is 0. The average molecular weight is 628 g/mol. The van der Waals surface area contributed by atoms with Crippen molar-refractivity contribution in [2.24, 2.45) is 0 Å². The Morgan fingerprint density at radius 2 is 0.875 bits per heavy atom. The first-order valence-corrected chi connectivity index (χ1v) is 17.3. The molecule has 2 aromatic heterocycles. The van der Waals surface area contributed by atoms with Crippen molar-refractivity contribution in [2.45, 2.75) is 0 Å². The maximum absolute atomic E-state index is 2.49. The summed E-state index contributed by atoms with van der Waals surface area (Å²) < 4.78 is 5.16. The molecule has 0 amide bonds. The van der Waals surface area contributed by atoms with Gasteiger partial charge in [0.05, 0.1) is 11.0 Å². The van der Waals surface area contributed by atoms with Crippen LogP contribution in [-0.4, -0.2) is 4.57 Å². The van der Waals surface area contributed by atoms with Gasteiger partial charge in [-0.1, -0.05) is 146 Å². The fourth-order valence-corrected chi connectivity index (χ4v) is 8.77. The van der Waals surface area contributed by atoms with Gasteiger partial charge in [-0.25, -0.2) is 0 Å². The van der Waals surface area contributed by atoms with Crippen LogP contribution in [0.2, 0.25) is 0 Å². The number of nitrogens with zero attached hydrogens (tertiary/aromatic N) is 1. The van der Waals surface area contributed by atoms with Crippen LogP contribution in [0.1, 0.15) is 0 Å². The average Bonchev–Trinajstić information content (AvgIpc) is 3.72. The maximum atomic E-state index is 2.49. The second-order valence-electron chi connectivity index (χ2n) is 12.5. The SMILES string of the molecule is c1ccc(-c2ccc(-c3ccc4sc5c6ccccc6c6c(c7ccc(-c8ccccc8)cc7n6-c6ccccc6)c5c4c3)cc2)cc1. The van der Waals surface area contributed by atoms with E-state index >= 15 is 0 Å². The summed E-state index contributed by atoms with van der Waals surface area (Å²) in [6.07, 6.45) is 0. The Morgan fingerprint density at radius 1 is 0.354 bits per heavy atom. The third-order valence-electron chi connectivity index (χ3n) is 9.78. The molecule has 0 spiro atoms. The van der Waals surface area contributed by atoms with E-state index in [9.17, 15) is 0 Å². The van der Waals surface area contributed by atoms with Crippen LogP contribution >= 0.6 is 11.3 Å². The van der Waals surface area contributed by atoms with Gasteiger partial charge < -0.3 is 4.57 Å². The molecular formula is C46H29NS. The molecule has 8 aromatic carbocycles. The predicted molar refractivity (Wildman–Crippen MR) is 207 cm³/mol. The summed E-state index contributed by atoms with van der Waals surface area (Å²) in [6, 6.07) is 64.2. The van der Waals surface area contributed by atoms with Crippen molar-refractivity contribution in [1.29, 1.82) is 0 Å². The lowest BCUT2D eigenvalue weighted by Crippen LogP contribution is -1.94. The Bertz CT molecular complexity index is 2790. The molecule has 0 saturated heterocycles. The lowest BCUT2D eigenvalue weighted by atomic mass is 9.96. The van der Waals surface area contributed by atoms with Gasteiger partial charge in [-0.15, -0.1) is 11.3 Å². The Hall–Kier alpha value is -5.96. The number of thiophene rings is 1. The van der Waals surface area contributed by atoms with Gasteiger partial charge in [0.15, 0.2) is 0 Å². The van der Waals surface area contributed by atoms with E-state index in [1.165, 1.54) is 91.8 Å². The molecular weight excluding hydrogens is 599 g/mol. The van der Waals surface area contributed by atoms with Crippen molar-refractivity contribution >= 4 is 64.1 Å². The van der Waals surface area contributed by atoms with Gasteiger partial charge in [0.2, 0.25) is 0 Å². The highest BCUT2D eigenvalue weighted by Crippen LogP contribution is 2.49. The van der Waals surface area contributed by atoms with Crippen LogP contribution < -0.4 is 0 Å². The Kier molecular flexibility index (Phi) is 6.12. The minimum Gasteiger partial charge on any atom is -0.309 e. The zero-order chi connectivity index (χ0) is 31.6. The number of rotatable bonds is 4. The molecule has 224 valence electrons. The number of aromatic nitrogens is 1. The molecule has 0 unspecified atom stereocenters. The van der Waals surface area contributed by atoms with Crippen LogP contribution in [0.25, 0.3) is 91.8 Å². The molecule has 2 heteroatoms. The zero-order valence-corrected chi connectivity index (χ0v) is 26.9.